The van der Waals surface area contributed by atoms with Gasteiger partial charge in [-0.05, 0) is 23.8 Å². The first-order chi connectivity index (χ1) is 11.0. The first-order valence-electron chi connectivity index (χ1n) is 6.47. The summed E-state index contributed by atoms with van der Waals surface area (Å²) >= 11 is 0. The molecule has 0 bridgehead atoms. The van der Waals surface area contributed by atoms with Gasteiger partial charge in [-0.1, -0.05) is 30.3 Å². The SMILES string of the molecule is O=C(/C=C/c1ccc(OC(F)F)cc1)c1cccc([N+](=O)[O-])c1. The highest BCUT2D eigenvalue weighted by atomic mass is 19.3. The maximum atomic E-state index is 12.0. The van der Waals surface area contributed by atoms with Crippen LogP contribution in [0.15, 0.2) is 54.6 Å². The van der Waals surface area contributed by atoms with E-state index in [9.17, 15) is 23.7 Å². The third-order valence-corrected chi connectivity index (χ3v) is 2.87. The van der Waals surface area contributed by atoms with Crippen molar-refractivity contribution in [3.8, 4) is 5.75 Å². The normalized spacial score (nSPS) is 10.9. The van der Waals surface area contributed by atoms with Gasteiger partial charge in [-0.3, -0.25) is 14.9 Å². The van der Waals surface area contributed by atoms with Crippen molar-refractivity contribution in [1.82, 2.24) is 0 Å². The molecule has 0 aliphatic carbocycles. The largest absolute Gasteiger partial charge is 0.435 e. The van der Waals surface area contributed by atoms with Gasteiger partial charge in [0.15, 0.2) is 5.78 Å². The van der Waals surface area contributed by atoms with Gasteiger partial charge in [0.2, 0.25) is 0 Å². The topological polar surface area (TPSA) is 69.4 Å². The van der Waals surface area contributed by atoms with Gasteiger partial charge >= 0.3 is 6.61 Å². The van der Waals surface area contributed by atoms with Gasteiger partial charge in [0.05, 0.1) is 4.92 Å². The van der Waals surface area contributed by atoms with Crippen LogP contribution in [0.4, 0.5) is 14.5 Å². The smallest absolute Gasteiger partial charge is 0.387 e. The number of alkyl halides is 2. The summed E-state index contributed by atoms with van der Waals surface area (Å²) in [4.78, 5) is 22.1. The number of ketones is 1. The Kier molecular flexibility index (Phi) is 5.14. The Morgan fingerprint density at radius 3 is 2.48 bits per heavy atom. The van der Waals surface area contributed by atoms with Crippen molar-refractivity contribution >= 4 is 17.5 Å². The zero-order valence-electron chi connectivity index (χ0n) is 11.7. The maximum Gasteiger partial charge on any atom is 0.387 e. The van der Waals surface area contributed by atoms with Crippen LogP contribution in [-0.4, -0.2) is 17.3 Å². The Bertz CT molecular complexity index is 742. The van der Waals surface area contributed by atoms with Crippen molar-refractivity contribution in [2.75, 3.05) is 0 Å². The summed E-state index contributed by atoms with van der Waals surface area (Å²) in [6.07, 6.45) is 2.73. The van der Waals surface area contributed by atoms with Gasteiger partial charge in [0, 0.05) is 17.7 Å². The lowest BCUT2D eigenvalue weighted by molar-refractivity contribution is -0.384. The third-order valence-electron chi connectivity index (χ3n) is 2.87. The van der Waals surface area contributed by atoms with Crippen molar-refractivity contribution in [2.45, 2.75) is 6.61 Å². The number of rotatable bonds is 6. The van der Waals surface area contributed by atoms with E-state index in [1.165, 1.54) is 60.7 Å². The van der Waals surface area contributed by atoms with E-state index in [2.05, 4.69) is 4.74 Å². The van der Waals surface area contributed by atoms with Crippen molar-refractivity contribution in [3.05, 3.63) is 75.8 Å². The number of nitro groups is 1. The van der Waals surface area contributed by atoms with Crippen molar-refractivity contribution < 1.29 is 23.2 Å². The second-order valence-corrected chi connectivity index (χ2v) is 4.45. The average Bonchev–Trinajstić information content (AvgIpc) is 2.53. The predicted molar refractivity (Wildman–Crippen MR) is 79.5 cm³/mol. The molecule has 0 fully saturated rings. The number of halogens is 2. The minimum Gasteiger partial charge on any atom is -0.435 e. The van der Waals surface area contributed by atoms with Crippen LogP contribution in [0, 0.1) is 10.1 Å². The molecule has 0 saturated carbocycles. The highest BCUT2D eigenvalue weighted by Crippen LogP contribution is 2.17. The number of nitro benzene ring substituents is 1. The molecule has 0 radical (unpaired) electrons. The molecule has 2 aromatic rings. The summed E-state index contributed by atoms with van der Waals surface area (Å²) in [6, 6.07) is 11.1. The summed E-state index contributed by atoms with van der Waals surface area (Å²) < 4.78 is 28.3. The lowest BCUT2D eigenvalue weighted by Crippen LogP contribution is -2.01. The Morgan fingerprint density at radius 1 is 1.17 bits per heavy atom. The highest BCUT2D eigenvalue weighted by Gasteiger charge is 2.09. The van der Waals surface area contributed by atoms with E-state index in [4.69, 9.17) is 0 Å². The molecule has 23 heavy (non-hydrogen) atoms. The fourth-order valence-electron chi connectivity index (χ4n) is 1.80. The molecule has 0 saturated heterocycles. The number of allylic oxidation sites excluding steroid dienone is 1. The van der Waals surface area contributed by atoms with Crippen LogP contribution in [0.5, 0.6) is 5.75 Å². The first kappa shape index (κ1) is 16.3. The Labute approximate surface area is 130 Å². The number of hydrogen-bond donors (Lipinski definition) is 0. The minimum absolute atomic E-state index is 0.0159. The molecule has 0 amide bonds. The summed E-state index contributed by atoms with van der Waals surface area (Å²) in [7, 11) is 0. The quantitative estimate of drug-likeness (QED) is 0.348. The number of carbonyl (C=O) groups is 1. The van der Waals surface area contributed by atoms with Crippen LogP contribution in [-0.2, 0) is 0 Å². The molecule has 0 aliphatic rings. The second kappa shape index (κ2) is 7.26. The molecule has 118 valence electrons. The number of benzene rings is 2. The highest BCUT2D eigenvalue weighted by molar-refractivity contribution is 6.07. The van der Waals surface area contributed by atoms with E-state index >= 15 is 0 Å². The lowest BCUT2D eigenvalue weighted by atomic mass is 10.1. The molecule has 2 aromatic carbocycles. The van der Waals surface area contributed by atoms with Gasteiger partial charge in [0.1, 0.15) is 5.75 Å². The van der Waals surface area contributed by atoms with E-state index in [0.717, 1.165) is 0 Å². The first-order valence-corrected chi connectivity index (χ1v) is 6.47. The summed E-state index contributed by atoms with van der Waals surface area (Å²) in [5, 5.41) is 10.7. The van der Waals surface area contributed by atoms with Gasteiger partial charge in [-0.15, -0.1) is 0 Å². The molecule has 0 heterocycles. The molecule has 5 nitrogen and oxygen atoms in total. The predicted octanol–water partition coefficient (Wildman–Crippen LogP) is 4.09. The van der Waals surface area contributed by atoms with Crippen LogP contribution in [0.2, 0.25) is 0 Å². The fraction of sp³-hybridized carbons (Fsp3) is 0.0625. The summed E-state index contributed by atoms with van der Waals surface area (Å²) in [5.41, 5.74) is 0.622. The van der Waals surface area contributed by atoms with Gasteiger partial charge in [-0.2, -0.15) is 8.78 Å². The van der Waals surface area contributed by atoms with E-state index < -0.39 is 17.3 Å². The van der Waals surface area contributed by atoms with Gasteiger partial charge < -0.3 is 4.74 Å². The van der Waals surface area contributed by atoms with Crippen LogP contribution in [0.25, 0.3) is 6.08 Å². The van der Waals surface area contributed by atoms with Crippen LogP contribution < -0.4 is 4.74 Å². The van der Waals surface area contributed by atoms with Crippen LogP contribution in [0.3, 0.4) is 0 Å². The zero-order valence-corrected chi connectivity index (χ0v) is 11.7. The molecule has 0 aromatic heterocycles. The number of non-ortho nitro benzene ring substituents is 1. The number of hydrogen-bond acceptors (Lipinski definition) is 4. The van der Waals surface area contributed by atoms with Gasteiger partial charge in [-0.25, -0.2) is 0 Å². The lowest BCUT2D eigenvalue weighted by Gasteiger charge is -2.03. The fourth-order valence-corrected chi connectivity index (χ4v) is 1.80. The Morgan fingerprint density at radius 2 is 1.87 bits per heavy atom. The van der Waals surface area contributed by atoms with E-state index in [1.807, 2.05) is 0 Å². The Hall–Kier alpha value is -3.09. The minimum atomic E-state index is -2.90. The number of ether oxygens (including phenoxy) is 1. The van der Waals surface area contributed by atoms with Crippen molar-refractivity contribution in [3.63, 3.8) is 0 Å². The standard InChI is InChI=1S/C16H11F2NO4/c17-16(18)23-14-7-4-11(5-8-14)6-9-15(20)12-2-1-3-13(10-12)19(21)22/h1-10,16H/b9-6+. The monoisotopic (exact) mass is 319 g/mol. The van der Waals surface area contributed by atoms with E-state index in [0.29, 0.717) is 5.56 Å². The van der Waals surface area contributed by atoms with E-state index in [-0.39, 0.29) is 17.0 Å². The van der Waals surface area contributed by atoms with Crippen LogP contribution >= 0.6 is 0 Å². The molecule has 0 spiro atoms. The number of nitrogens with zero attached hydrogens (tertiary/aromatic N) is 1. The Balaban J connectivity index is 2.09. The van der Waals surface area contributed by atoms with Gasteiger partial charge in [0.25, 0.3) is 5.69 Å². The molecule has 0 unspecified atom stereocenters. The molecule has 0 aliphatic heterocycles. The summed E-state index contributed by atoms with van der Waals surface area (Å²) in [6.45, 7) is -2.90. The van der Waals surface area contributed by atoms with Crippen molar-refractivity contribution in [2.24, 2.45) is 0 Å². The second-order valence-electron chi connectivity index (χ2n) is 4.45. The molecular formula is C16H11F2NO4. The number of carbonyl (C=O) groups excluding carboxylic acids is 1. The third kappa shape index (κ3) is 4.70. The van der Waals surface area contributed by atoms with E-state index in [1.54, 1.807) is 0 Å². The van der Waals surface area contributed by atoms with Crippen molar-refractivity contribution in [1.29, 1.82) is 0 Å². The molecule has 7 heteroatoms. The zero-order chi connectivity index (χ0) is 16.8. The summed E-state index contributed by atoms with van der Waals surface area (Å²) in [5.74, 6) is -0.385. The maximum absolute atomic E-state index is 12.0. The molecule has 0 N–H and O–H groups in total. The molecule has 0 atom stereocenters. The molecular weight excluding hydrogens is 308 g/mol. The van der Waals surface area contributed by atoms with Crippen LogP contribution in [0.1, 0.15) is 15.9 Å². The molecule has 2 rings (SSSR count). The average molecular weight is 319 g/mol.